The number of anilines is 1. The molecule has 1 aromatic heterocycles. The van der Waals surface area contributed by atoms with Crippen molar-refractivity contribution in [2.45, 2.75) is 45.4 Å². The number of rotatable bonds is 5. The number of aromatic nitrogens is 1. The molecule has 0 spiro atoms. The lowest BCUT2D eigenvalue weighted by atomic mass is 9.99. The van der Waals surface area contributed by atoms with E-state index in [1.807, 2.05) is 11.6 Å². The van der Waals surface area contributed by atoms with Crippen molar-refractivity contribution < 1.29 is 23.8 Å². The van der Waals surface area contributed by atoms with Gasteiger partial charge in [0.1, 0.15) is 17.4 Å². The average Bonchev–Trinajstić information content (AvgIpc) is 3.42. The van der Waals surface area contributed by atoms with Gasteiger partial charge in [-0.15, -0.1) is 11.3 Å². The third kappa shape index (κ3) is 7.07. The van der Waals surface area contributed by atoms with E-state index >= 15 is 0 Å². The van der Waals surface area contributed by atoms with Crippen LogP contribution in [0.1, 0.15) is 42.1 Å². The van der Waals surface area contributed by atoms with Gasteiger partial charge in [0, 0.05) is 75.8 Å². The van der Waals surface area contributed by atoms with E-state index in [-0.39, 0.29) is 35.8 Å². The number of amides is 2. The number of hydrogen-bond donors (Lipinski definition) is 1. The van der Waals surface area contributed by atoms with Crippen molar-refractivity contribution in [1.82, 2.24) is 14.8 Å². The van der Waals surface area contributed by atoms with Gasteiger partial charge in [0.2, 0.25) is 5.91 Å². The second kappa shape index (κ2) is 12.8. The molecular weight excluding hydrogens is 492 g/mol. The first kappa shape index (κ1) is 27.5. The molecule has 1 fully saturated rings. The minimum Gasteiger partial charge on any atom is -0.491 e. The molecule has 2 amide bonds. The molecule has 1 aromatic carbocycles. The van der Waals surface area contributed by atoms with Crippen molar-refractivity contribution >= 4 is 28.8 Å². The smallest absolute Gasteiger partial charge is 0.257 e. The summed E-state index contributed by atoms with van der Waals surface area (Å²) in [5.41, 5.74) is 1.08. The van der Waals surface area contributed by atoms with Crippen LogP contribution < -0.4 is 10.1 Å². The fourth-order valence-electron chi connectivity index (χ4n) is 4.85. The van der Waals surface area contributed by atoms with Crippen molar-refractivity contribution in [3.05, 3.63) is 40.3 Å². The Morgan fingerprint density at radius 1 is 1.24 bits per heavy atom. The van der Waals surface area contributed by atoms with Gasteiger partial charge in [0.05, 0.1) is 18.2 Å². The summed E-state index contributed by atoms with van der Waals surface area (Å²) in [6, 6.07) is 5.33. The summed E-state index contributed by atoms with van der Waals surface area (Å²) in [6.45, 7) is 7.81. The molecule has 2 aliphatic rings. The van der Waals surface area contributed by atoms with E-state index < -0.39 is 0 Å². The zero-order valence-corrected chi connectivity index (χ0v) is 23.0. The van der Waals surface area contributed by atoms with Crippen molar-refractivity contribution in [2.24, 2.45) is 11.8 Å². The lowest BCUT2D eigenvalue weighted by Gasteiger charge is -2.35. The molecule has 202 valence electrons. The zero-order valence-electron chi connectivity index (χ0n) is 22.1. The van der Waals surface area contributed by atoms with Gasteiger partial charge < -0.3 is 24.4 Å². The van der Waals surface area contributed by atoms with E-state index in [4.69, 9.17) is 14.2 Å². The number of hydrogen-bond acceptors (Lipinski definition) is 8. The third-order valence-corrected chi connectivity index (χ3v) is 8.02. The molecule has 0 aliphatic carbocycles. The summed E-state index contributed by atoms with van der Waals surface area (Å²) in [5.74, 6) is 0.407. The molecule has 2 aromatic rings. The summed E-state index contributed by atoms with van der Waals surface area (Å²) in [4.78, 5) is 34.7. The molecule has 0 radical (unpaired) electrons. The molecule has 0 saturated carbocycles. The number of carbonyl (C=O) groups excluding carboxylic acids is 2. The SMILES string of the molecule is CO[C@@H]1CN(C)C(=O)c2ccc(NC(=O)C3CCOCC3)cc2OC[C@H](C)N(Cc2nccs2)C[C@H]1C. The number of ether oxygens (including phenoxy) is 3. The molecule has 4 rings (SSSR count). The molecule has 1 saturated heterocycles. The van der Waals surface area contributed by atoms with Crippen LogP contribution in [0.15, 0.2) is 29.8 Å². The van der Waals surface area contributed by atoms with E-state index in [0.717, 1.165) is 11.6 Å². The van der Waals surface area contributed by atoms with Crippen molar-refractivity contribution in [1.29, 1.82) is 0 Å². The first-order valence-electron chi connectivity index (χ1n) is 12.9. The molecule has 10 heteroatoms. The van der Waals surface area contributed by atoms with Crippen molar-refractivity contribution in [3.8, 4) is 5.75 Å². The van der Waals surface area contributed by atoms with Crippen LogP contribution in [0.4, 0.5) is 5.69 Å². The lowest BCUT2D eigenvalue weighted by molar-refractivity contribution is -0.122. The predicted molar refractivity (Wildman–Crippen MR) is 143 cm³/mol. The summed E-state index contributed by atoms with van der Waals surface area (Å²) < 4.78 is 17.5. The number of nitrogens with zero attached hydrogens (tertiary/aromatic N) is 3. The highest BCUT2D eigenvalue weighted by molar-refractivity contribution is 7.09. The maximum atomic E-state index is 13.4. The van der Waals surface area contributed by atoms with Crippen LogP contribution in [0.3, 0.4) is 0 Å². The fraction of sp³-hybridized carbons (Fsp3) is 0.593. The standard InChI is InChI=1S/C27H38N4O5S/c1-18-14-31(16-25-28-9-12-37-25)19(2)17-36-23-13-21(29-26(32)20-7-10-35-11-8-20)5-6-22(23)27(33)30(3)15-24(18)34-4/h5-6,9,12-13,18-20,24H,7-8,10-11,14-17H2,1-4H3,(H,29,32)/t18-,19+,24-/m1/s1. The number of nitrogens with one attached hydrogen (secondary N) is 1. The van der Waals surface area contributed by atoms with E-state index in [9.17, 15) is 9.59 Å². The highest BCUT2D eigenvalue weighted by Gasteiger charge is 2.29. The monoisotopic (exact) mass is 530 g/mol. The Bertz CT molecular complexity index is 1040. The molecule has 9 nitrogen and oxygen atoms in total. The van der Waals surface area contributed by atoms with Gasteiger partial charge in [0.15, 0.2) is 0 Å². The van der Waals surface area contributed by atoms with E-state index in [2.05, 4.69) is 29.0 Å². The molecule has 0 bridgehead atoms. The van der Waals surface area contributed by atoms with Gasteiger partial charge in [-0.25, -0.2) is 4.98 Å². The Labute approximate surface area is 223 Å². The van der Waals surface area contributed by atoms with E-state index in [1.54, 1.807) is 48.6 Å². The van der Waals surface area contributed by atoms with Gasteiger partial charge in [-0.2, -0.15) is 0 Å². The number of thiazole rings is 1. The van der Waals surface area contributed by atoms with Crippen molar-refractivity contribution in [2.75, 3.05) is 52.4 Å². The topological polar surface area (TPSA) is 93.2 Å². The Balaban J connectivity index is 1.59. The number of fused-ring (bicyclic) bond motifs is 1. The Hall–Kier alpha value is -2.53. The summed E-state index contributed by atoms with van der Waals surface area (Å²) in [6.07, 6.45) is 3.12. The Morgan fingerprint density at radius 3 is 2.73 bits per heavy atom. The molecule has 1 N–H and O–H groups in total. The number of benzene rings is 1. The predicted octanol–water partition coefficient (Wildman–Crippen LogP) is 3.51. The van der Waals surface area contributed by atoms with Crippen LogP contribution >= 0.6 is 11.3 Å². The third-order valence-electron chi connectivity index (χ3n) is 7.26. The van der Waals surface area contributed by atoms with E-state index in [0.29, 0.717) is 62.8 Å². The van der Waals surface area contributed by atoms with Gasteiger partial charge in [0.25, 0.3) is 5.91 Å². The Kier molecular flexibility index (Phi) is 9.53. The summed E-state index contributed by atoms with van der Waals surface area (Å²) in [5, 5.41) is 6.04. The number of methoxy groups -OCH3 is 1. The fourth-order valence-corrected chi connectivity index (χ4v) is 5.49. The maximum absolute atomic E-state index is 13.4. The van der Waals surface area contributed by atoms with Crippen LogP contribution in [-0.4, -0.2) is 85.8 Å². The van der Waals surface area contributed by atoms with Crippen LogP contribution in [-0.2, 0) is 20.8 Å². The normalized spacial score (nSPS) is 24.5. The molecule has 3 atom stereocenters. The first-order valence-corrected chi connectivity index (χ1v) is 13.8. The second-order valence-electron chi connectivity index (χ2n) is 10.0. The van der Waals surface area contributed by atoms with Gasteiger partial charge in [-0.05, 0) is 37.8 Å². The molecule has 37 heavy (non-hydrogen) atoms. The molecular formula is C27H38N4O5S. The molecule has 2 aliphatic heterocycles. The minimum atomic E-state index is -0.139. The van der Waals surface area contributed by atoms with Crippen LogP contribution in [0.5, 0.6) is 5.75 Å². The van der Waals surface area contributed by atoms with Crippen LogP contribution in [0.2, 0.25) is 0 Å². The summed E-state index contributed by atoms with van der Waals surface area (Å²) >= 11 is 1.64. The van der Waals surface area contributed by atoms with Gasteiger partial charge in [-0.3, -0.25) is 14.5 Å². The van der Waals surface area contributed by atoms with Crippen LogP contribution in [0.25, 0.3) is 0 Å². The molecule has 0 unspecified atom stereocenters. The number of likely N-dealkylation sites (N-methyl/N-ethyl adjacent to an activating group) is 1. The van der Waals surface area contributed by atoms with Gasteiger partial charge in [-0.1, -0.05) is 6.92 Å². The average molecular weight is 531 g/mol. The minimum absolute atomic E-state index is 0.0280. The van der Waals surface area contributed by atoms with Gasteiger partial charge >= 0.3 is 0 Å². The largest absolute Gasteiger partial charge is 0.491 e. The van der Waals surface area contributed by atoms with Crippen molar-refractivity contribution in [3.63, 3.8) is 0 Å². The second-order valence-corrected chi connectivity index (χ2v) is 11.0. The number of carbonyl (C=O) groups is 2. The maximum Gasteiger partial charge on any atom is 0.257 e. The highest BCUT2D eigenvalue weighted by atomic mass is 32.1. The van der Waals surface area contributed by atoms with Crippen LogP contribution in [0, 0.1) is 11.8 Å². The highest BCUT2D eigenvalue weighted by Crippen LogP contribution is 2.28. The lowest BCUT2D eigenvalue weighted by Crippen LogP contribution is -2.46. The van der Waals surface area contributed by atoms with E-state index in [1.165, 1.54) is 0 Å². The summed E-state index contributed by atoms with van der Waals surface area (Å²) in [7, 11) is 3.48. The first-order chi connectivity index (χ1) is 17.9. The quantitative estimate of drug-likeness (QED) is 0.632. The zero-order chi connectivity index (χ0) is 26.4. The Morgan fingerprint density at radius 2 is 2.03 bits per heavy atom. The molecule has 3 heterocycles.